The molecule has 0 radical (unpaired) electrons. The number of rotatable bonds is 4. The van der Waals surface area contributed by atoms with Gasteiger partial charge in [-0.25, -0.2) is 4.79 Å². The largest absolute Gasteiger partial charge is 0.462 e. The van der Waals surface area contributed by atoms with Crippen molar-refractivity contribution in [3.05, 3.63) is 41.2 Å². The van der Waals surface area contributed by atoms with Crippen LogP contribution in [0.4, 0.5) is 5.69 Å². The molecule has 0 unspecified atom stereocenters. The van der Waals surface area contributed by atoms with Gasteiger partial charge in [0.1, 0.15) is 0 Å². The smallest absolute Gasteiger partial charge is 0.338 e. The predicted molar refractivity (Wildman–Crippen MR) is 71.5 cm³/mol. The summed E-state index contributed by atoms with van der Waals surface area (Å²) in [4.78, 5) is 23.4. The molecule has 0 aliphatic carbocycles. The molecule has 1 aromatic carbocycles. The summed E-state index contributed by atoms with van der Waals surface area (Å²) >= 11 is 0. The third kappa shape index (κ3) is 3.00. The lowest BCUT2D eigenvalue weighted by atomic mass is 10.1. The number of carbonyl (C=O) groups excluding carboxylic acids is 2. The molecule has 2 rings (SSSR count). The number of nitrogens with zero attached hydrogens (tertiary/aromatic N) is 2. The second kappa shape index (κ2) is 5.96. The second-order valence-electron chi connectivity index (χ2n) is 4.06. The minimum atomic E-state index is -0.384. The van der Waals surface area contributed by atoms with Crippen LogP contribution in [0.5, 0.6) is 0 Å². The van der Waals surface area contributed by atoms with Crippen molar-refractivity contribution >= 4 is 17.6 Å². The summed E-state index contributed by atoms with van der Waals surface area (Å²) in [5.41, 5.74) is 2.00. The molecular weight excluding hydrogens is 260 g/mol. The van der Waals surface area contributed by atoms with Gasteiger partial charge in [-0.15, -0.1) is 0 Å². The molecule has 0 aliphatic rings. The highest BCUT2D eigenvalue weighted by Gasteiger charge is 2.12. The molecule has 7 nitrogen and oxygen atoms in total. The number of aryl methyl sites for hydroxylation is 1. The summed E-state index contributed by atoms with van der Waals surface area (Å²) in [6.07, 6.45) is 1.33. The van der Waals surface area contributed by atoms with Crippen molar-refractivity contribution in [1.82, 2.24) is 15.4 Å². The molecule has 2 N–H and O–H groups in total. The Morgan fingerprint density at radius 3 is 2.80 bits per heavy atom. The number of hydrogen-bond acceptors (Lipinski definition) is 5. The van der Waals surface area contributed by atoms with Crippen LogP contribution in [0.2, 0.25) is 0 Å². The predicted octanol–water partition coefficient (Wildman–Crippen LogP) is 1.54. The third-order valence-electron chi connectivity index (χ3n) is 2.63. The lowest BCUT2D eigenvalue weighted by Gasteiger charge is -2.09. The number of H-pyrrole nitrogens is 1. The van der Waals surface area contributed by atoms with Crippen molar-refractivity contribution in [2.24, 2.45) is 0 Å². The highest BCUT2D eigenvalue weighted by Crippen LogP contribution is 2.17. The molecule has 1 amide bonds. The first-order chi connectivity index (χ1) is 9.61. The van der Waals surface area contributed by atoms with E-state index in [4.69, 9.17) is 4.74 Å². The molecule has 0 saturated heterocycles. The number of hydrogen-bond donors (Lipinski definition) is 2. The van der Waals surface area contributed by atoms with Gasteiger partial charge in [-0.3, -0.25) is 4.79 Å². The SMILES string of the molecule is CCOC(=O)c1ccc(NC(=O)c2cn[nH]n2)c(C)c1. The topological polar surface area (TPSA) is 97.0 Å². The molecule has 1 heterocycles. The molecule has 0 bridgehead atoms. The average Bonchev–Trinajstić information content (AvgIpc) is 2.95. The summed E-state index contributed by atoms with van der Waals surface area (Å²) in [5, 5.41) is 12.3. The van der Waals surface area contributed by atoms with Gasteiger partial charge in [0.05, 0.1) is 18.4 Å². The lowest BCUT2D eigenvalue weighted by Crippen LogP contribution is -2.14. The van der Waals surface area contributed by atoms with Crippen molar-refractivity contribution in [1.29, 1.82) is 0 Å². The molecule has 2 aromatic rings. The van der Waals surface area contributed by atoms with Crippen LogP contribution in [0.1, 0.15) is 33.3 Å². The summed E-state index contributed by atoms with van der Waals surface area (Å²) in [6, 6.07) is 4.92. The number of anilines is 1. The first kappa shape index (κ1) is 13.7. The van der Waals surface area contributed by atoms with E-state index in [0.717, 1.165) is 5.56 Å². The number of ether oxygens (including phenoxy) is 1. The van der Waals surface area contributed by atoms with Gasteiger partial charge in [-0.05, 0) is 37.6 Å². The summed E-state index contributed by atoms with van der Waals surface area (Å²) in [5.74, 6) is -0.754. The van der Waals surface area contributed by atoms with Gasteiger partial charge in [-0.2, -0.15) is 15.4 Å². The van der Waals surface area contributed by atoms with Crippen LogP contribution in [0, 0.1) is 6.92 Å². The highest BCUT2D eigenvalue weighted by atomic mass is 16.5. The Hall–Kier alpha value is -2.70. The number of nitrogens with one attached hydrogen (secondary N) is 2. The molecule has 0 spiro atoms. The minimum Gasteiger partial charge on any atom is -0.462 e. The van der Waals surface area contributed by atoms with E-state index in [1.54, 1.807) is 32.0 Å². The zero-order chi connectivity index (χ0) is 14.5. The van der Waals surface area contributed by atoms with Gasteiger partial charge in [0.15, 0.2) is 5.69 Å². The summed E-state index contributed by atoms with van der Waals surface area (Å²) in [6.45, 7) is 3.86. The zero-order valence-corrected chi connectivity index (χ0v) is 11.1. The van der Waals surface area contributed by atoms with Crippen molar-refractivity contribution < 1.29 is 14.3 Å². The maximum atomic E-state index is 11.8. The molecule has 0 aliphatic heterocycles. The van der Waals surface area contributed by atoms with Gasteiger partial charge < -0.3 is 10.1 Å². The Morgan fingerprint density at radius 1 is 1.40 bits per heavy atom. The molecule has 0 saturated carbocycles. The molecule has 20 heavy (non-hydrogen) atoms. The van der Waals surface area contributed by atoms with E-state index in [0.29, 0.717) is 17.9 Å². The third-order valence-corrected chi connectivity index (χ3v) is 2.63. The van der Waals surface area contributed by atoms with Crippen molar-refractivity contribution in [2.75, 3.05) is 11.9 Å². The fourth-order valence-electron chi connectivity index (χ4n) is 1.64. The first-order valence-corrected chi connectivity index (χ1v) is 6.06. The molecule has 0 atom stereocenters. The molecule has 104 valence electrons. The van der Waals surface area contributed by atoms with Crippen LogP contribution in [-0.2, 0) is 4.74 Å². The van der Waals surface area contributed by atoms with E-state index < -0.39 is 0 Å². The highest BCUT2D eigenvalue weighted by molar-refractivity contribution is 6.03. The van der Waals surface area contributed by atoms with Crippen LogP contribution >= 0.6 is 0 Å². The van der Waals surface area contributed by atoms with Crippen LogP contribution in [-0.4, -0.2) is 33.9 Å². The van der Waals surface area contributed by atoms with Crippen LogP contribution in [0.3, 0.4) is 0 Å². The van der Waals surface area contributed by atoms with Crippen molar-refractivity contribution in [2.45, 2.75) is 13.8 Å². The number of esters is 1. The second-order valence-corrected chi connectivity index (χ2v) is 4.06. The molecule has 7 heteroatoms. The van der Waals surface area contributed by atoms with Gasteiger partial charge in [-0.1, -0.05) is 0 Å². The number of carbonyl (C=O) groups is 2. The van der Waals surface area contributed by atoms with Crippen molar-refractivity contribution in [3.63, 3.8) is 0 Å². The number of aromatic amines is 1. The fourth-order valence-corrected chi connectivity index (χ4v) is 1.64. The van der Waals surface area contributed by atoms with E-state index in [2.05, 4.69) is 20.7 Å². The Balaban J connectivity index is 2.14. The fraction of sp³-hybridized carbons (Fsp3) is 0.231. The summed E-state index contributed by atoms with van der Waals surface area (Å²) < 4.78 is 4.91. The Kier molecular flexibility index (Phi) is 4.09. The zero-order valence-electron chi connectivity index (χ0n) is 11.1. The molecular formula is C13H14N4O3. The van der Waals surface area contributed by atoms with Crippen LogP contribution < -0.4 is 5.32 Å². The Labute approximate surface area is 115 Å². The van der Waals surface area contributed by atoms with Gasteiger partial charge in [0.25, 0.3) is 5.91 Å². The standard InChI is InChI=1S/C13H14N4O3/c1-3-20-13(19)9-4-5-10(8(2)6-9)15-12(18)11-7-14-17-16-11/h4-7H,3H2,1-2H3,(H,15,18)(H,14,16,17). The van der Waals surface area contributed by atoms with Crippen LogP contribution in [0.25, 0.3) is 0 Å². The lowest BCUT2D eigenvalue weighted by molar-refractivity contribution is 0.0526. The van der Waals surface area contributed by atoms with E-state index in [1.807, 2.05) is 0 Å². The molecule has 0 fully saturated rings. The van der Waals surface area contributed by atoms with Crippen molar-refractivity contribution in [3.8, 4) is 0 Å². The first-order valence-electron chi connectivity index (χ1n) is 6.06. The van der Waals surface area contributed by atoms with E-state index in [-0.39, 0.29) is 17.6 Å². The van der Waals surface area contributed by atoms with Gasteiger partial charge >= 0.3 is 5.97 Å². The van der Waals surface area contributed by atoms with Crippen LogP contribution in [0.15, 0.2) is 24.4 Å². The quantitative estimate of drug-likeness (QED) is 0.824. The average molecular weight is 274 g/mol. The van der Waals surface area contributed by atoms with Gasteiger partial charge in [0, 0.05) is 5.69 Å². The normalized spacial score (nSPS) is 10.1. The monoisotopic (exact) mass is 274 g/mol. The van der Waals surface area contributed by atoms with E-state index >= 15 is 0 Å². The maximum Gasteiger partial charge on any atom is 0.338 e. The Morgan fingerprint density at radius 2 is 2.20 bits per heavy atom. The maximum absolute atomic E-state index is 11.8. The Bertz CT molecular complexity index is 623. The number of amides is 1. The molecule has 1 aromatic heterocycles. The minimum absolute atomic E-state index is 0.193. The van der Waals surface area contributed by atoms with E-state index in [9.17, 15) is 9.59 Å². The number of benzene rings is 1. The summed E-state index contributed by atoms with van der Waals surface area (Å²) in [7, 11) is 0. The number of aromatic nitrogens is 3. The van der Waals surface area contributed by atoms with E-state index in [1.165, 1.54) is 6.20 Å². The van der Waals surface area contributed by atoms with Gasteiger partial charge in [0.2, 0.25) is 0 Å².